The third-order valence-corrected chi connectivity index (χ3v) is 3.05. The normalized spacial score (nSPS) is 20.1. The van der Waals surface area contributed by atoms with Gasteiger partial charge in [0.05, 0.1) is 11.6 Å². The summed E-state index contributed by atoms with van der Waals surface area (Å²) in [5.74, 6) is -0.145. The maximum absolute atomic E-state index is 13.2. The Bertz CT molecular complexity index is 384. The molecule has 1 atom stereocenters. The molecule has 5 heteroatoms. The molecule has 2 N–H and O–H groups in total. The van der Waals surface area contributed by atoms with Gasteiger partial charge in [-0.25, -0.2) is 4.39 Å². The number of nitrogens with two attached hydrogens (primary N) is 1. The van der Waals surface area contributed by atoms with Gasteiger partial charge in [0.2, 0.25) is 0 Å². The van der Waals surface area contributed by atoms with Crippen molar-refractivity contribution in [3.05, 3.63) is 27.5 Å². The van der Waals surface area contributed by atoms with Crippen molar-refractivity contribution in [3.8, 4) is 5.75 Å². The van der Waals surface area contributed by atoms with Crippen molar-refractivity contribution in [1.29, 1.82) is 0 Å². The Morgan fingerprint density at radius 2 is 2.14 bits per heavy atom. The molecule has 1 aromatic rings. The van der Waals surface area contributed by atoms with Gasteiger partial charge in [-0.05, 0) is 6.07 Å². The quantitative estimate of drug-likeness (QED) is 0.703. The molecule has 0 saturated carbocycles. The van der Waals surface area contributed by atoms with Gasteiger partial charge in [0.1, 0.15) is 16.6 Å². The van der Waals surface area contributed by atoms with E-state index in [0.29, 0.717) is 24.3 Å². The predicted molar refractivity (Wildman–Crippen MR) is 53.5 cm³/mol. The van der Waals surface area contributed by atoms with Crippen LogP contribution in [0.3, 0.4) is 0 Å². The number of benzene rings is 1. The van der Waals surface area contributed by atoms with Gasteiger partial charge in [-0.2, -0.15) is 0 Å². The second kappa shape index (κ2) is 3.57. The van der Waals surface area contributed by atoms with E-state index in [9.17, 15) is 4.39 Å². The zero-order valence-electron chi connectivity index (χ0n) is 7.19. The lowest BCUT2D eigenvalue weighted by Gasteiger charge is -2.24. The molecule has 1 aliphatic heterocycles. The van der Waals surface area contributed by atoms with Gasteiger partial charge >= 0.3 is 0 Å². The molecule has 1 unspecified atom stereocenters. The first-order valence-electron chi connectivity index (χ1n) is 4.17. The smallest absolute Gasteiger partial charge is 0.144 e. The molecule has 1 aromatic carbocycles. The fourth-order valence-electron chi connectivity index (χ4n) is 1.46. The molecule has 1 heterocycles. The molecule has 14 heavy (non-hydrogen) atoms. The van der Waals surface area contributed by atoms with E-state index >= 15 is 0 Å². The maximum Gasteiger partial charge on any atom is 0.144 e. The molecular weight excluding hydrogens is 228 g/mol. The van der Waals surface area contributed by atoms with Gasteiger partial charge in [-0.15, -0.1) is 0 Å². The Kier molecular flexibility index (Phi) is 2.56. The van der Waals surface area contributed by atoms with Crippen molar-refractivity contribution in [3.63, 3.8) is 0 Å². The summed E-state index contributed by atoms with van der Waals surface area (Å²) in [5, 5.41) is -0.00340. The van der Waals surface area contributed by atoms with Gasteiger partial charge < -0.3 is 10.5 Å². The molecule has 0 saturated heterocycles. The lowest BCUT2D eigenvalue weighted by molar-refractivity contribution is 0.268. The van der Waals surface area contributed by atoms with Gasteiger partial charge in [-0.3, -0.25) is 0 Å². The van der Waals surface area contributed by atoms with E-state index in [1.807, 2.05) is 0 Å². The van der Waals surface area contributed by atoms with Crippen molar-refractivity contribution < 1.29 is 9.13 Å². The number of fused-ring (bicyclic) bond motifs is 1. The minimum Gasteiger partial charge on any atom is -0.492 e. The minimum atomic E-state index is -0.559. The zero-order valence-corrected chi connectivity index (χ0v) is 8.70. The van der Waals surface area contributed by atoms with Crippen LogP contribution in [0.15, 0.2) is 6.07 Å². The molecule has 2 nitrogen and oxygen atoms in total. The second-order valence-electron chi connectivity index (χ2n) is 3.15. The van der Waals surface area contributed by atoms with Gasteiger partial charge in [0.15, 0.2) is 0 Å². The summed E-state index contributed by atoms with van der Waals surface area (Å²) in [6.45, 7) is 0.482. The highest BCUT2D eigenvalue weighted by Crippen LogP contribution is 2.42. The molecule has 0 amide bonds. The van der Waals surface area contributed by atoms with Gasteiger partial charge in [-0.1, -0.05) is 23.2 Å². The minimum absolute atomic E-state index is 0.108. The molecule has 1 aliphatic rings. The van der Waals surface area contributed by atoms with Crippen LogP contribution < -0.4 is 10.5 Å². The lowest BCUT2D eigenvalue weighted by atomic mass is 10.0. The monoisotopic (exact) mass is 235 g/mol. The van der Waals surface area contributed by atoms with E-state index in [4.69, 9.17) is 33.7 Å². The first kappa shape index (κ1) is 10.0. The molecule has 0 radical (unpaired) electrons. The van der Waals surface area contributed by atoms with Crippen LogP contribution in [0.1, 0.15) is 18.0 Å². The van der Waals surface area contributed by atoms with E-state index in [-0.39, 0.29) is 16.1 Å². The predicted octanol–water partition coefficient (Wildman–Crippen LogP) is 2.91. The first-order chi connectivity index (χ1) is 6.61. The molecule has 0 spiro atoms. The molecule has 0 aliphatic carbocycles. The van der Waals surface area contributed by atoms with Crippen LogP contribution in [0.2, 0.25) is 10.0 Å². The Balaban J connectivity index is 2.63. The standard InChI is InChI=1S/C9H8Cl2FNO/c10-7-5(12)3-4-6(13)1-2-14-9(4)8(7)11/h3,6H,1-2,13H2. The van der Waals surface area contributed by atoms with E-state index < -0.39 is 5.82 Å². The summed E-state index contributed by atoms with van der Waals surface area (Å²) in [5.41, 5.74) is 6.37. The van der Waals surface area contributed by atoms with Crippen molar-refractivity contribution >= 4 is 23.2 Å². The fraction of sp³-hybridized carbons (Fsp3) is 0.333. The summed E-state index contributed by atoms with van der Waals surface area (Å²) in [7, 11) is 0. The summed E-state index contributed by atoms with van der Waals surface area (Å²) in [6, 6.07) is 1.05. The van der Waals surface area contributed by atoms with Crippen molar-refractivity contribution in [2.45, 2.75) is 12.5 Å². The van der Waals surface area contributed by atoms with Gasteiger partial charge in [0.25, 0.3) is 0 Å². The van der Waals surface area contributed by atoms with Crippen LogP contribution >= 0.6 is 23.2 Å². The highest BCUT2D eigenvalue weighted by Gasteiger charge is 2.24. The highest BCUT2D eigenvalue weighted by atomic mass is 35.5. The highest BCUT2D eigenvalue weighted by molar-refractivity contribution is 6.43. The molecule has 2 rings (SSSR count). The molecule has 0 bridgehead atoms. The first-order valence-corrected chi connectivity index (χ1v) is 4.92. The van der Waals surface area contributed by atoms with Crippen LogP contribution in [-0.2, 0) is 0 Å². The Morgan fingerprint density at radius 3 is 2.86 bits per heavy atom. The fourth-order valence-corrected chi connectivity index (χ4v) is 1.86. The maximum atomic E-state index is 13.2. The summed E-state index contributed by atoms with van der Waals surface area (Å²) in [4.78, 5) is 0. The molecular formula is C9H8Cl2FNO. The van der Waals surface area contributed by atoms with Crippen molar-refractivity contribution in [1.82, 2.24) is 0 Å². The lowest BCUT2D eigenvalue weighted by Crippen LogP contribution is -2.21. The van der Waals surface area contributed by atoms with Crippen LogP contribution in [-0.4, -0.2) is 6.61 Å². The molecule has 76 valence electrons. The summed E-state index contributed by atoms with van der Waals surface area (Å²) < 4.78 is 18.5. The zero-order chi connectivity index (χ0) is 10.3. The second-order valence-corrected chi connectivity index (χ2v) is 3.90. The van der Waals surface area contributed by atoms with Crippen molar-refractivity contribution in [2.75, 3.05) is 6.61 Å². The third kappa shape index (κ3) is 1.45. The van der Waals surface area contributed by atoms with Crippen LogP contribution in [0.25, 0.3) is 0 Å². The van der Waals surface area contributed by atoms with Crippen LogP contribution in [0, 0.1) is 5.82 Å². The average molecular weight is 236 g/mol. The van der Waals surface area contributed by atoms with E-state index in [2.05, 4.69) is 0 Å². The molecule has 0 aromatic heterocycles. The Hall–Kier alpha value is -0.510. The van der Waals surface area contributed by atoms with Gasteiger partial charge in [0, 0.05) is 18.0 Å². The topological polar surface area (TPSA) is 35.2 Å². The third-order valence-electron chi connectivity index (χ3n) is 2.22. The summed E-state index contributed by atoms with van der Waals surface area (Å²) in [6.07, 6.45) is 0.657. The van der Waals surface area contributed by atoms with Crippen molar-refractivity contribution in [2.24, 2.45) is 5.73 Å². The molecule has 0 fully saturated rings. The van der Waals surface area contributed by atoms with E-state index in [1.54, 1.807) is 0 Å². The number of hydrogen-bond donors (Lipinski definition) is 1. The van der Waals surface area contributed by atoms with E-state index in [0.717, 1.165) is 0 Å². The number of hydrogen-bond acceptors (Lipinski definition) is 2. The Labute approximate surface area is 90.7 Å². The van der Waals surface area contributed by atoms with E-state index in [1.165, 1.54) is 6.07 Å². The number of halogens is 3. The largest absolute Gasteiger partial charge is 0.492 e. The van der Waals surface area contributed by atoms with Crippen LogP contribution in [0.4, 0.5) is 4.39 Å². The summed E-state index contributed by atoms with van der Waals surface area (Å²) >= 11 is 11.5. The average Bonchev–Trinajstić information content (AvgIpc) is 2.17. The van der Waals surface area contributed by atoms with Crippen LogP contribution in [0.5, 0.6) is 5.75 Å². The number of rotatable bonds is 0. The SMILES string of the molecule is NC1CCOc2c1cc(F)c(Cl)c2Cl. The Morgan fingerprint density at radius 1 is 1.43 bits per heavy atom. The number of ether oxygens (including phenoxy) is 1.